The number of ether oxygens (including phenoxy) is 3. The molecule has 0 aromatic heterocycles. The van der Waals surface area contributed by atoms with Crippen molar-refractivity contribution in [3.05, 3.63) is 76.9 Å². The van der Waals surface area contributed by atoms with E-state index in [4.69, 9.17) is 14.2 Å². The second-order valence-corrected chi connectivity index (χ2v) is 22.3. The molecule has 2 aromatic rings. The average Bonchev–Trinajstić information content (AvgIpc) is 4.00. The van der Waals surface area contributed by atoms with Crippen LogP contribution in [0.15, 0.2) is 60.2 Å². The molecule has 17 heteroatoms. The van der Waals surface area contributed by atoms with Gasteiger partial charge in [-0.25, -0.2) is 9.59 Å². The quantitative estimate of drug-likeness (QED) is 0.0413. The van der Waals surface area contributed by atoms with Crippen molar-refractivity contribution in [2.75, 3.05) is 41.4 Å². The number of unbranched alkanes of at least 4 members (excludes halogenated alkanes) is 2. The fraction of sp³-hybridized carbons (Fsp3) is 0.623. The zero-order valence-electron chi connectivity index (χ0n) is 48.4. The number of nitrogens with zero attached hydrogens (tertiary/aromatic N) is 4. The molecule has 5 amide bonds. The molecule has 2 aromatic carbocycles. The first kappa shape index (κ1) is 64.5. The molecular formula is C61H88N4O13. The molecule has 0 bridgehead atoms. The maximum absolute atomic E-state index is 14.8. The highest BCUT2D eigenvalue weighted by Crippen LogP contribution is 2.32. The summed E-state index contributed by atoms with van der Waals surface area (Å²) in [5, 5.41) is 9.97. The Morgan fingerprint density at radius 1 is 0.808 bits per heavy atom. The van der Waals surface area contributed by atoms with Gasteiger partial charge in [0.25, 0.3) is 0 Å². The number of rotatable bonds is 32. The van der Waals surface area contributed by atoms with Crippen LogP contribution in [0.2, 0.25) is 0 Å². The fourth-order valence-electron chi connectivity index (χ4n) is 11.2. The molecule has 1 unspecified atom stereocenters. The van der Waals surface area contributed by atoms with E-state index in [1.54, 1.807) is 67.1 Å². The summed E-state index contributed by atoms with van der Waals surface area (Å²) >= 11 is 0. The molecule has 9 atom stereocenters. The third-order valence-corrected chi connectivity index (χ3v) is 15.9. The van der Waals surface area contributed by atoms with Crippen molar-refractivity contribution >= 4 is 59.1 Å². The number of aliphatic carboxylic acids is 1. The van der Waals surface area contributed by atoms with Crippen molar-refractivity contribution in [2.24, 2.45) is 35.5 Å². The summed E-state index contributed by atoms with van der Waals surface area (Å²) in [6.45, 7) is 15.6. The van der Waals surface area contributed by atoms with Gasteiger partial charge in [-0.2, -0.15) is 0 Å². The second-order valence-electron chi connectivity index (χ2n) is 22.3. The molecule has 2 fully saturated rings. The lowest BCUT2D eigenvalue weighted by molar-refractivity contribution is -0.149. The molecule has 430 valence electrons. The number of amides is 5. The van der Waals surface area contributed by atoms with Gasteiger partial charge in [0.2, 0.25) is 23.6 Å². The maximum Gasteiger partial charge on any atom is 0.410 e. The van der Waals surface area contributed by atoms with Gasteiger partial charge in [-0.05, 0) is 66.2 Å². The van der Waals surface area contributed by atoms with Crippen LogP contribution in [-0.4, -0.2) is 149 Å². The molecular weight excluding hydrogens is 997 g/mol. The van der Waals surface area contributed by atoms with Gasteiger partial charge in [0.05, 0.1) is 36.8 Å². The van der Waals surface area contributed by atoms with Crippen molar-refractivity contribution in [1.29, 1.82) is 0 Å². The number of methoxy groups -OCH3 is 2. The molecule has 4 rings (SSSR count). The largest absolute Gasteiger partial charge is 0.478 e. The Hall–Kier alpha value is -6.07. The van der Waals surface area contributed by atoms with Crippen LogP contribution in [0.1, 0.15) is 143 Å². The molecule has 2 aliphatic rings. The van der Waals surface area contributed by atoms with Gasteiger partial charge < -0.3 is 34.0 Å². The van der Waals surface area contributed by atoms with Crippen LogP contribution in [0.4, 0.5) is 4.79 Å². The number of ketones is 3. The van der Waals surface area contributed by atoms with Crippen molar-refractivity contribution in [3.63, 3.8) is 0 Å². The van der Waals surface area contributed by atoms with Crippen molar-refractivity contribution in [3.8, 4) is 0 Å². The third-order valence-electron chi connectivity index (χ3n) is 15.9. The molecule has 17 nitrogen and oxygen atoms in total. The summed E-state index contributed by atoms with van der Waals surface area (Å²) in [4.78, 5) is 126. The van der Waals surface area contributed by atoms with Crippen LogP contribution in [0.3, 0.4) is 0 Å². The van der Waals surface area contributed by atoms with Crippen molar-refractivity contribution < 1.29 is 62.5 Å². The second kappa shape index (κ2) is 30.9. The normalized spacial score (nSPS) is 18.6. The number of benzene rings is 2. The summed E-state index contributed by atoms with van der Waals surface area (Å²) in [6.07, 6.45) is 3.65. The lowest BCUT2D eigenvalue weighted by Gasteiger charge is -2.41. The van der Waals surface area contributed by atoms with E-state index in [0.29, 0.717) is 62.7 Å². The molecule has 78 heavy (non-hydrogen) atoms. The first-order valence-corrected chi connectivity index (χ1v) is 27.9. The molecule has 2 heterocycles. The van der Waals surface area contributed by atoms with E-state index in [9.17, 15) is 48.3 Å². The highest BCUT2D eigenvalue weighted by Gasteiger charge is 2.44. The van der Waals surface area contributed by atoms with E-state index in [-0.39, 0.29) is 109 Å². The number of carboxylic acid groups (broad SMARTS) is 1. The number of carboxylic acids is 1. The first-order valence-electron chi connectivity index (χ1n) is 27.9. The Bertz CT molecular complexity index is 2400. The van der Waals surface area contributed by atoms with E-state index in [0.717, 1.165) is 12.0 Å². The van der Waals surface area contributed by atoms with Crippen LogP contribution >= 0.6 is 0 Å². The molecule has 0 spiro atoms. The average molecular weight is 1090 g/mol. The maximum atomic E-state index is 14.8. The summed E-state index contributed by atoms with van der Waals surface area (Å²) in [7, 11) is 6.20. The van der Waals surface area contributed by atoms with Crippen LogP contribution in [-0.2, 0) is 65.6 Å². The minimum atomic E-state index is -1.19. The Kier molecular flexibility index (Phi) is 25.5. The SMILES string of the molecule is CC[C@H](C)[C@@H]([C@@H](CC(=O)N1CCC[C@H]1[C@H](OC)[C@@H](C)C(=O)C/C(=C/c1ccccc1)C(=O)O)OC)N(C)C(=O)[C@@H](CC(=O)[C@H](C(C)C)N(C)C(=O)OCc1ccc(CC(=O)CCCCCN2C(=O)CC(C)C2=O)cc1)C(C)C. The van der Waals surface area contributed by atoms with E-state index in [2.05, 4.69) is 0 Å². The fourth-order valence-corrected chi connectivity index (χ4v) is 11.2. The number of carbonyl (C=O) groups excluding carboxylic acids is 8. The van der Waals surface area contributed by atoms with Crippen LogP contribution in [0.25, 0.3) is 6.08 Å². The first-order chi connectivity index (χ1) is 36.9. The smallest absolute Gasteiger partial charge is 0.410 e. The Morgan fingerprint density at radius 3 is 2.03 bits per heavy atom. The van der Waals surface area contributed by atoms with E-state index >= 15 is 0 Å². The third kappa shape index (κ3) is 17.7. The number of likely N-dealkylation sites (N-methyl/N-ethyl adjacent to an activating group) is 2. The zero-order valence-corrected chi connectivity index (χ0v) is 48.4. The number of carbonyl (C=O) groups is 9. The number of hydrogen-bond acceptors (Lipinski definition) is 12. The summed E-state index contributed by atoms with van der Waals surface area (Å²) in [5.41, 5.74) is 2.13. The topological polar surface area (TPSA) is 215 Å². The van der Waals surface area contributed by atoms with Gasteiger partial charge >= 0.3 is 12.1 Å². The van der Waals surface area contributed by atoms with Gasteiger partial charge in [-0.1, -0.05) is 123 Å². The van der Waals surface area contributed by atoms with E-state index in [1.807, 2.05) is 59.7 Å². The highest BCUT2D eigenvalue weighted by atomic mass is 16.6. The van der Waals surface area contributed by atoms with Crippen LogP contribution in [0, 0.1) is 35.5 Å². The standard InChI is InChI=1S/C61H88N4O13/c1-13-40(6)56(52(76-11)36-54(70)64-30-20-24-49(64)57(77-12)42(8)50(67)34-46(60(73)74)32-43-21-16-14-17-22-43)62(9)59(72)48(38(2)3)35-51(68)55(39(4)5)63(10)61(75)78-37-45-27-25-44(26-28-45)33-47(66)23-18-15-19-29-65-53(69)31-41(7)58(65)71/h14,16-17,21-22,25-28,32,38-42,48-49,52,55-57H,13,15,18-20,23-24,29-31,33-37H2,1-12H3,(H,73,74)/b46-32-/t40-,41?,42-,48-,49-,52+,55-,56-,57+/m0/s1. The number of hydrogen-bond donors (Lipinski definition) is 1. The van der Waals surface area contributed by atoms with Crippen LogP contribution in [0.5, 0.6) is 0 Å². The minimum absolute atomic E-state index is 0.0461. The lowest BCUT2D eigenvalue weighted by atomic mass is 9.83. The Balaban J connectivity index is 1.36. The van der Waals surface area contributed by atoms with E-state index < -0.39 is 54.2 Å². The summed E-state index contributed by atoms with van der Waals surface area (Å²) in [5.74, 6) is -5.00. The highest BCUT2D eigenvalue weighted by molar-refractivity contribution is 6.03. The Morgan fingerprint density at radius 2 is 1.46 bits per heavy atom. The summed E-state index contributed by atoms with van der Waals surface area (Å²) in [6, 6.07) is 14.2. The minimum Gasteiger partial charge on any atom is -0.478 e. The van der Waals surface area contributed by atoms with Crippen molar-refractivity contribution in [2.45, 2.75) is 169 Å². The lowest BCUT2D eigenvalue weighted by Crippen LogP contribution is -2.54. The van der Waals surface area contributed by atoms with Crippen LogP contribution < -0.4 is 0 Å². The molecule has 2 saturated heterocycles. The molecule has 0 aliphatic carbocycles. The van der Waals surface area contributed by atoms with Gasteiger partial charge in [-0.3, -0.25) is 38.5 Å². The van der Waals surface area contributed by atoms with Gasteiger partial charge in [0, 0.05) is 96.8 Å². The van der Waals surface area contributed by atoms with Gasteiger partial charge in [-0.15, -0.1) is 0 Å². The molecule has 2 aliphatic heterocycles. The van der Waals surface area contributed by atoms with Gasteiger partial charge in [0.1, 0.15) is 18.2 Å². The number of likely N-dealkylation sites (tertiary alicyclic amines) is 2. The van der Waals surface area contributed by atoms with Crippen molar-refractivity contribution in [1.82, 2.24) is 19.6 Å². The van der Waals surface area contributed by atoms with E-state index in [1.165, 1.54) is 37.1 Å². The van der Waals surface area contributed by atoms with Gasteiger partial charge in [0.15, 0.2) is 5.78 Å². The summed E-state index contributed by atoms with van der Waals surface area (Å²) < 4.78 is 17.7. The monoisotopic (exact) mass is 1080 g/mol. The molecule has 0 saturated carbocycles. The number of Topliss-reactive ketones (excluding diaryl/α,β-unsaturated/α-hetero) is 3. The Labute approximate surface area is 462 Å². The number of imide groups is 1. The molecule has 1 N–H and O–H groups in total. The zero-order chi connectivity index (χ0) is 58.0. The predicted octanol–water partition coefficient (Wildman–Crippen LogP) is 8.63. The predicted molar refractivity (Wildman–Crippen MR) is 296 cm³/mol. The molecule has 0 radical (unpaired) electrons.